The molecule has 2 rings (SSSR count). The molecule has 2 aliphatic rings. The Balaban J connectivity index is 2.03. The van der Waals surface area contributed by atoms with Crippen LogP contribution in [0.5, 0.6) is 0 Å². The number of nitrogens with zero attached hydrogens (tertiary/aromatic N) is 1. The first kappa shape index (κ1) is 17.2. The third-order valence-electron chi connectivity index (χ3n) is 4.66. The first-order valence-corrected chi connectivity index (χ1v) is 9.63. The minimum Gasteiger partial charge on any atom is -0.400 e. The molecule has 120 valence electrons. The highest BCUT2D eigenvalue weighted by Crippen LogP contribution is 2.48. The van der Waals surface area contributed by atoms with Gasteiger partial charge in [-0.05, 0) is 46.5 Å². The van der Waals surface area contributed by atoms with Crippen molar-refractivity contribution in [1.82, 2.24) is 4.67 Å². The summed E-state index contributed by atoms with van der Waals surface area (Å²) in [4.78, 5) is 0. The summed E-state index contributed by atoms with van der Waals surface area (Å²) in [6, 6.07) is 0. The average molecular weight is 315 g/mol. The summed E-state index contributed by atoms with van der Waals surface area (Å²) in [6.45, 7) is 13.6. The van der Waals surface area contributed by atoms with Crippen LogP contribution in [0.3, 0.4) is 0 Å². The third kappa shape index (κ3) is 3.45. The van der Waals surface area contributed by atoms with E-state index in [2.05, 4.69) is 33.8 Å². The smallest absolute Gasteiger partial charge is 0.400 e. The zero-order valence-electron chi connectivity index (χ0n) is 14.0. The van der Waals surface area contributed by atoms with E-state index in [-0.39, 0.29) is 18.3 Å². The van der Waals surface area contributed by atoms with Gasteiger partial charge in [-0.15, -0.1) is 0 Å². The fraction of sp³-hybridized carbons (Fsp3) is 0.857. The topological polar surface area (TPSA) is 48.0 Å². The molecule has 0 aromatic rings. The van der Waals surface area contributed by atoms with Crippen LogP contribution >= 0.6 is 7.52 Å². The second-order valence-corrected chi connectivity index (χ2v) is 9.18. The number of hydrogen-bond donors (Lipinski definition) is 0. The van der Waals surface area contributed by atoms with Gasteiger partial charge in [0.1, 0.15) is 0 Å². The Morgan fingerprint density at radius 1 is 1.33 bits per heavy atom. The second-order valence-electron chi connectivity index (χ2n) is 6.75. The van der Waals surface area contributed by atoms with Gasteiger partial charge >= 0.3 is 7.12 Å². The molecule has 0 aromatic heterocycles. The van der Waals surface area contributed by atoms with E-state index in [4.69, 9.17) is 13.8 Å². The molecule has 2 aliphatic heterocycles. The lowest BCUT2D eigenvalue weighted by atomic mass is 9.75. The van der Waals surface area contributed by atoms with E-state index in [1.165, 1.54) is 0 Å². The average Bonchev–Trinajstić information content (AvgIpc) is 2.59. The molecule has 0 aliphatic carbocycles. The van der Waals surface area contributed by atoms with Crippen LogP contribution in [-0.2, 0) is 18.4 Å². The lowest BCUT2D eigenvalue weighted by Gasteiger charge is -2.32. The van der Waals surface area contributed by atoms with E-state index in [1.54, 1.807) is 6.66 Å². The maximum atomic E-state index is 12.4. The van der Waals surface area contributed by atoms with Crippen LogP contribution < -0.4 is 0 Å². The molecule has 7 heteroatoms. The van der Waals surface area contributed by atoms with Crippen LogP contribution in [0, 0.1) is 0 Å². The van der Waals surface area contributed by atoms with E-state index in [0.29, 0.717) is 19.7 Å². The Morgan fingerprint density at radius 2 is 1.90 bits per heavy atom. The zero-order chi connectivity index (χ0) is 15.9. The summed E-state index contributed by atoms with van der Waals surface area (Å²) in [5, 5.41) is 0. The molecular weight excluding hydrogens is 288 g/mol. The lowest BCUT2D eigenvalue weighted by Crippen LogP contribution is -2.41. The molecule has 21 heavy (non-hydrogen) atoms. The second kappa shape index (κ2) is 5.82. The monoisotopic (exact) mass is 315 g/mol. The highest BCUT2D eigenvalue weighted by molar-refractivity contribution is 7.55. The summed E-state index contributed by atoms with van der Waals surface area (Å²) in [7, 11) is -2.96. The van der Waals surface area contributed by atoms with Gasteiger partial charge in [-0.1, -0.05) is 6.08 Å². The number of hydrogen-bond acceptors (Lipinski definition) is 4. The van der Waals surface area contributed by atoms with Crippen LogP contribution in [0.1, 0.15) is 41.0 Å². The standard InChI is InChI=1S/C14H27BNO4P/c1-7-18-21(6,17)16-10-8-12(9-11-16)15-19-13(2,3)14(4,5)20-15/h8H,7,9-11H2,1-6H3. The van der Waals surface area contributed by atoms with Gasteiger partial charge < -0.3 is 13.8 Å². The Labute approximate surface area is 128 Å². The van der Waals surface area contributed by atoms with Crippen molar-refractivity contribution in [2.75, 3.05) is 26.4 Å². The van der Waals surface area contributed by atoms with Gasteiger partial charge in [-0.25, -0.2) is 4.67 Å². The van der Waals surface area contributed by atoms with Gasteiger partial charge in [0.15, 0.2) is 0 Å². The van der Waals surface area contributed by atoms with Crippen LogP contribution in [-0.4, -0.2) is 49.4 Å². The molecule has 5 nitrogen and oxygen atoms in total. The van der Waals surface area contributed by atoms with Gasteiger partial charge in [0.25, 0.3) is 7.52 Å². The van der Waals surface area contributed by atoms with Gasteiger partial charge in [0.2, 0.25) is 0 Å². The molecule has 0 saturated carbocycles. The Hall–Kier alpha value is -0.125. The van der Waals surface area contributed by atoms with Gasteiger partial charge in [0.05, 0.1) is 17.8 Å². The largest absolute Gasteiger partial charge is 0.490 e. The zero-order valence-corrected chi connectivity index (χ0v) is 14.9. The van der Waals surface area contributed by atoms with Gasteiger partial charge in [0, 0.05) is 19.8 Å². The van der Waals surface area contributed by atoms with E-state index >= 15 is 0 Å². The first-order valence-electron chi connectivity index (χ1n) is 7.61. The highest BCUT2D eigenvalue weighted by Gasteiger charge is 2.52. The molecule has 1 unspecified atom stereocenters. The predicted octanol–water partition coefficient (Wildman–Crippen LogP) is 3.11. The summed E-state index contributed by atoms with van der Waals surface area (Å²) in [5.41, 5.74) is 0.503. The molecule has 0 bridgehead atoms. The first-order chi connectivity index (χ1) is 9.59. The molecule has 2 heterocycles. The summed E-state index contributed by atoms with van der Waals surface area (Å²) >= 11 is 0. The summed E-state index contributed by atoms with van der Waals surface area (Å²) in [5.74, 6) is 0. The molecule has 0 N–H and O–H groups in total. The SMILES string of the molecule is CCOP(C)(=O)N1CC=C(B2OC(C)(C)C(C)(C)O2)CC1. The molecule has 0 aromatic carbocycles. The van der Waals surface area contributed by atoms with Crippen LogP contribution in [0.15, 0.2) is 11.5 Å². The predicted molar refractivity (Wildman–Crippen MR) is 85.5 cm³/mol. The summed E-state index contributed by atoms with van der Waals surface area (Å²) < 4.78 is 31.8. The lowest BCUT2D eigenvalue weighted by molar-refractivity contribution is 0.00578. The van der Waals surface area contributed by atoms with Crippen molar-refractivity contribution in [3.8, 4) is 0 Å². The minimum absolute atomic E-state index is 0.291. The van der Waals surface area contributed by atoms with Crippen LogP contribution in [0.2, 0.25) is 0 Å². The molecule has 0 amide bonds. The normalized spacial score (nSPS) is 28.3. The Bertz CT molecular complexity index is 462. The molecule has 1 fully saturated rings. The van der Waals surface area contributed by atoms with Crippen molar-refractivity contribution in [3.05, 3.63) is 11.5 Å². The molecule has 0 radical (unpaired) electrons. The molecular formula is C14H27BNO4P. The van der Waals surface area contributed by atoms with Crippen molar-refractivity contribution in [1.29, 1.82) is 0 Å². The van der Waals surface area contributed by atoms with Crippen molar-refractivity contribution >= 4 is 14.6 Å². The Kier molecular flexibility index (Phi) is 4.78. The maximum absolute atomic E-state index is 12.4. The van der Waals surface area contributed by atoms with E-state index in [1.807, 2.05) is 11.6 Å². The van der Waals surface area contributed by atoms with Crippen molar-refractivity contribution in [3.63, 3.8) is 0 Å². The van der Waals surface area contributed by atoms with E-state index < -0.39 is 7.52 Å². The van der Waals surface area contributed by atoms with Crippen molar-refractivity contribution in [2.24, 2.45) is 0 Å². The van der Waals surface area contributed by atoms with Crippen LogP contribution in [0.4, 0.5) is 0 Å². The summed E-state index contributed by atoms with van der Waals surface area (Å²) in [6.07, 6.45) is 2.86. The molecule has 0 spiro atoms. The minimum atomic E-state index is -2.67. The molecule has 1 atom stereocenters. The van der Waals surface area contributed by atoms with E-state index in [9.17, 15) is 4.57 Å². The van der Waals surface area contributed by atoms with Gasteiger partial charge in [-0.2, -0.15) is 0 Å². The van der Waals surface area contributed by atoms with Gasteiger partial charge in [-0.3, -0.25) is 4.57 Å². The van der Waals surface area contributed by atoms with Crippen molar-refractivity contribution < 1.29 is 18.4 Å². The number of rotatable bonds is 4. The third-order valence-corrected chi connectivity index (χ3v) is 6.79. The quantitative estimate of drug-likeness (QED) is 0.589. The fourth-order valence-corrected chi connectivity index (χ4v) is 4.02. The Morgan fingerprint density at radius 3 is 2.33 bits per heavy atom. The highest BCUT2D eigenvalue weighted by atomic mass is 31.2. The maximum Gasteiger partial charge on any atom is 0.490 e. The van der Waals surface area contributed by atoms with E-state index in [0.717, 1.165) is 11.9 Å². The molecule has 1 saturated heterocycles. The van der Waals surface area contributed by atoms with Crippen LogP contribution in [0.25, 0.3) is 0 Å². The van der Waals surface area contributed by atoms with Crippen molar-refractivity contribution in [2.45, 2.75) is 52.2 Å². The fourth-order valence-electron chi connectivity index (χ4n) is 2.53.